The first kappa shape index (κ1) is 27.0. The molecular weight excluding hydrogens is 448 g/mol. The van der Waals surface area contributed by atoms with Gasteiger partial charge < -0.3 is 15.0 Å². The minimum Gasteiger partial charge on any atom is -0.483 e. The number of aryl methyl sites for hydroxylation is 2. The van der Waals surface area contributed by atoms with Crippen LogP contribution in [-0.4, -0.2) is 34.9 Å². The van der Waals surface area contributed by atoms with Gasteiger partial charge in [-0.25, -0.2) is 0 Å². The SMILES string of the molecule is Cc1ccccc1CN(C(=O)COc1cccc(C)c1C)[C@H](Cc1ccccc1)C(=O)NC(C)(C)C. The zero-order valence-corrected chi connectivity index (χ0v) is 22.3. The Labute approximate surface area is 215 Å². The lowest BCUT2D eigenvalue weighted by Crippen LogP contribution is -2.55. The molecule has 0 aliphatic rings. The molecule has 0 unspecified atom stereocenters. The van der Waals surface area contributed by atoms with E-state index in [0.29, 0.717) is 18.7 Å². The summed E-state index contributed by atoms with van der Waals surface area (Å²) in [5.74, 6) is 0.266. The van der Waals surface area contributed by atoms with Crippen molar-refractivity contribution < 1.29 is 14.3 Å². The van der Waals surface area contributed by atoms with Crippen molar-refractivity contribution in [3.63, 3.8) is 0 Å². The summed E-state index contributed by atoms with van der Waals surface area (Å²) in [6.07, 6.45) is 0.407. The summed E-state index contributed by atoms with van der Waals surface area (Å²) in [7, 11) is 0. The van der Waals surface area contributed by atoms with E-state index in [1.54, 1.807) is 4.90 Å². The average molecular weight is 487 g/mol. The Bertz CT molecular complexity index is 1180. The number of carbonyl (C=O) groups is 2. The van der Waals surface area contributed by atoms with Gasteiger partial charge in [-0.15, -0.1) is 0 Å². The maximum Gasteiger partial charge on any atom is 0.261 e. The van der Waals surface area contributed by atoms with E-state index in [0.717, 1.165) is 27.8 Å². The van der Waals surface area contributed by atoms with Gasteiger partial charge in [-0.1, -0.05) is 66.7 Å². The van der Waals surface area contributed by atoms with Crippen LogP contribution in [0.5, 0.6) is 5.75 Å². The lowest BCUT2D eigenvalue weighted by atomic mass is 10.00. The molecule has 0 aliphatic carbocycles. The van der Waals surface area contributed by atoms with Crippen LogP contribution in [0.25, 0.3) is 0 Å². The fraction of sp³-hybridized carbons (Fsp3) is 0.355. The van der Waals surface area contributed by atoms with Crippen molar-refractivity contribution >= 4 is 11.8 Å². The molecule has 1 atom stereocenters. The summed E-state index contributed by atoms with van der Waals surface area (Å²) in [4.78, 5) is 29.0. The number of hydrogen-bond acceptors (Lipinski definition) is 3. The number of nitrogens with one attached hydrogen (secondary N) is 1. The van der Waals surface area contributed by atoms with Gasteiger partial charge in [-0.2, -0.15) is 0 Å². The van der Waals surface area contributed by atoms with Gasteiger partial charge in [0, 0.05) is 18.5 Å². The van der Waals surface area contributed by atoms with Gasteiger partial charge in [-0.3, -0.25) is 9.59 Å². The summed E-state index contributed by atoms with van der Waals surface area (Å²) in [6, 6.07) is 22.9. The molecule has 0 radical (unpaired) electrons. The molecule has 3 rings (SSSR count). The van der Waals surface area contributed by atoms with Gasteiger partial charge in [0.2, 0.25) is 5.91 Å². The molecule has 0 aromatic heterocycles. The van der Waals surface area contributed by atoms with E-state index in [4.69, 9.17) is 4.74 Å². The number of rotatable bonds is 9. The number of amides is 2. The van der Waals surface area contributed by atoms with Crippen molar-refractivity contribution in [2.24, 2.45) is 0 Å². The molecule has 190 valence electrons. The molecule has 2 amide bonds. The predicted octanol–water partition coefficient (Wildman–Crippen LogP) is 5.55. The zero-order chi connectivity index (χ0) is 26.3. The molecule has 0 heterocycles. The van der Waals surface area contributed by atoms with Crippen LogP contribution in [-0.2, 0) is 22.6 Å². The molecule has 0 saturated carbocycles. The third kappa shape index (κ3) is 7.45. The van der Waals surface area contributed by atoms with Crippen molar-refractivity contribution in [3.05, 3.63) is 101 Å². The van der Waals surface area contributed by atoms with Crippen molar-refractivity contribution in [2.45, 2.75) is 66.1 Å². The lowest BCUT2D eigenvalue weighted by molar-refractivity contribution is -0.143. The largest absolute Gasteiger partial charge is 0.483 e. The lowest BCUT2D eigenvalue weighted by Gasteiger charge is -2.34. The fourth-order valence-corrected chi connectivity index (χ4v) is 4.08. The molecule has 3 aromatic carbocycles. The summed E-state index contributed by atoms with van der Waals surface area (Å²) in [5, 5.41) is 3.09. The van der Waals surface area contributed by atoms with Crippen LogP contribution in [0.2, 0.25) is 0 Å². The van der Waals surface area contributed by atoms with Crippen LogP contribution in [0.15, 0.2) is 72.8 Å². The number of carbonyl (C=O) groups excluding carboxylic acids is 2. The average Bonchev–Trinajstić information content (AvgIpc) is 2.82. The quantitative estimate of drug-likeness (QED) is 0.432. The minimum absolute atomic E-state index is 0.149. The highest BCUT2D eigenvalue weighted by Gasteiger charge is 2.32. The normalized spacial score (nSPS) is 12.1. The molecule has 36 heavy (non-hydrogen) atoms. The smallest absolute Gasteiger partial charge is 0.261 e. The van der Waals surface area contributed by atoms with Crippen LogP contribution in [0.3, 0.4) is 0 Å². The van der Waals surface area contributed by atoms with Gasteiger partial charge in [0.15, 0.2) is 6.61 Å². The number of hydrogen-bond donors (Lipinski definition) is 1. The molecule has 5 nitrogen and oxygen atoms in total. The van der Waals surface area contributed by atoms with Crippen molar-refractivity contribution in [2.75, 3.05) is 6.61 Å². The minimum atomic E-state index is -0.694. The highest BCUT2D eigenvalue weighted by Crippen LogP contribution is 2.22. The number of ether oxygens (including phenoxy) is 1. The van der Waals surface area contributed by atoms with Crippen LogP contribution in [0, 0.1) is 20.8 Å². The fourth-order valence-electron chi connectivity index (χ4n) is 4.08. The Morgan fingerprint density at radius 2 is 1.50 bits per heavy atom. The van der Waals surface area contributed by atoms with E-state index >= 15 is 0 Å². The van der Waals surface area contributed by atoms with E-state index in [1.165, 1.54) is 0 Å². The Hall–Kier alpha value is -3.60. The first-order valence-electron chi connectivity index (χ1n) is 12.4. The Morgan fingerprint density at radius 1 is 0.861 bits per heavy atom. The third-order valence-corrected chi connectivity index (χ3v) is 6.28. The summed E-state index contributed by atoms with van der Waals surface area (Å²) >= 11 is 0. The van der Waals surface area contributed by atoms with E-state index in [1.807, 2.05) is 114 Å². The summed E-state index contributed by atoms with van der Waals surface area (Å²) in [6.45, 7) is 12.0. The van der Waals surface area contributed by atoms with Gasteiger partial charge in [0.25, 0.3) is 5.91 Å². The third-order valence-electron chi connectivity index (χ3n) is 6.28. The van der Waals surface area contributed by atoms with E-state index in [2.05, 4.69) is 5.32 Å². The molecular formula is C31H38N2O3. The van der Waals surface area contributed by atoms with Crippen LogP contribution in [0.1, 0.15) is 48.6 Å². The highest BCUT2D eigenvalue weighted by atomic mass is 16.5. The Kier molecular flexibility index (Phi) is 8.92. The topological polar surface area (TPSA) is 58.6 Å². The van der Waals surface area contributed by atoms with E-state index < -0.39 is 11.6 Å². The summed E-state index contributed by atoms with van der Waals surface area (Å²) in [5.41, 5.74) is 4.73. The molecule has 0 spiro atoms. The molecule has 0 aliphatic heterocycles. The summed E-state index contributed by atoms with van der Waals surface area (Å²) < 4.78 is 5.99. The van der Waals surface area contributed by atoms with Gasteiger partial charge in [-0.05, 0) is 75.4 Å². The van der Waals surface area contributed by atoms with Crippen LogP contribution in [0.4, 0.5) is 0 Å². The maximum atomic E-state index is 13.8. The monoisotopic (exact) mass is 486 g/mol. The Balaban J connectivity index is 1.96. The van der Waals surface area contributed by atoms with Gasteiger partial charge in [0.1, 0.15) is 11.8 Å². The van der Waals surface area contributed by atoms with E-state index in [9.17, 15) is 9.59 Å². The molecule has 0 saturated heterocycles. The van der Waals surface area contributed by atoms with Crippen molar-refractivity contribution in [1.29, 1.82) is 0 Å². The number of nitrogens with zero attached hydrogens (tertiary/aromatic N) is 1. The van der Waals surface area contributed by atoms with Gasteiger partial charge in [0.05, 0.1) is 0 Å². The Morgan fingerprint density at radius 3 is 2.17 bits per heavy atom. The molecule has 0 bridgehead atoms. The first-order chi connectivity index (χ1) is 17.0. The molecule has 3 aromatic rings. The molecule has 1 N–H and O–H groups in total. The number of benzene rings is 3. The van der Waals surface area contributed by atoms with Crippen LogP contribution < -0.4 is 10.1 Å². The van der Waals surface area contributed by atoms with Crippen molar-refractivity contribution in [3.8, 4) is 5.75 Å². The first-order valence-corrected chi connectivity index (χ1v) is 12.4. The maximum absolute atomic E-state index is 13.8. The van der Waals surface area contributed by atoms with Crippen molar-refractivity contribution in [1.82, 2.24) is 10.2 Å². The highest BCUT2D eigenvalue weighted by molar-refractivity contribution is 5.89. The second-order valence-electron chi connectivity index (χ2n) is 10.4. The van der Waals surface area contributed by atoms with Gasteiger partial charge >= 0.3 is 0 Å². The second-order valence-corrected chi connectivity index (χ2v) is 10.4. The molecule has 0 fully saturated rings. The van der Waals surface area contributed by atoms with Crippen LogP contribution >= 0.6 is 0 Å². The van der Waals surface area contributed by atoms with E-state index in [-0.39, 0.29) is 18.4 Å². The predicted molar refractivity (Wildman–Crippen MR) is 145 cm³/mol. The standard InChI is InChI=1S/C31H38N2O3/c1-22-14-12-18-28(24(22)3)36-21-29(34)33(20-26-17-11-10-13-23(26)2)27(30(35)32-31(4,5)6)19-25-15-8-7-9-16-25/h7-18,27H,19-21H2,1-6H3,(H,32,35)/t27-/m1/s1. The molecule has 5 heteroatoms. The second kappa shape index (κ2) is 11.9. The zero-order valence-electron chi connectivity index (χ0n) is 22.3.